The van der Waals surface area contributed by atoms with Crippen LogP contribution in [0.2, 0.25) is 0 Å². The fraction of sp³-hybridized carbons (Fsp3) is 0. The third kappa shape index (κ3) is 2.28. The van der Waals surface area contributed by atoms with Crippen LogP contribution in [0.4, 0.5) is 0 Å². The third-order valence-electron chi connectivity index (χ3n) is 3.69. The van der Waals surface area contributed by atoms with E-state index in [0.29, 0.717) is 0 Å². The normalized spacial score (nSPS) is 11.3. The first-order valence-electron chi connectivity index (χ1n) is 7.32. The number of fused-ring (bicyclic) bond motifs is 1. The fourth-order valence-electron chi connectivity index (χ4n) is 2.54. The van der Waals surface area contributed by atoms with Gasteiger partial charge in [0, 0.05) is 16.8 Å². The Morgan fingerprint density at radius 1 is 0.917 bits per heavy atom. The number of hydrogen-bond acceptors (Lipinski definition) is 6. The molecule has 5 aromatic rings. The molecule has 0 amide bonds. The molecule has 6 heteroatoms. The van der Waals surface area contributed by atoms with E-state index in [1.165, 1.54) is 0 Å². The van der Waals surface area contributed by atoms with Crippen LogP contribution in [0.1, 0.15) is 0 Å². The summed E-state index contributed by atoms with van der Waals surface area (Å²) < 4.78 is 10.8. The molecule has 0 saturated heterocycles. The van der Waals surface area contributed by atoms with Crippen LogP contribution in [0, 0.1) is 0 Å². The van der Waals surface area contributed by atoms with Crippen LogP contribution < -0.4 is 0 Å². The van der Waals surface area contributed by atoms with E-state index < -0.39 is 0 Å². The molecule has 1 aromatic carbocycles. The molecule has 0 fully saturated rings. The second kappa shape index (κ2) is 5.43. The topological polar surface area (TPSA) is 52.1 Å². The number of thiophene rings is 1. The molecular formula is C18H10N2O2S2. The molecule has 0 saturated carbocycles. The Morgan fingerprint density at radius 2 is 1.83 bits per heavy atom. The lowest BCUT2D eigenvalue weighted by Gasteiger charge is -1.90. The molecule has 0 aliphatic carbocycles. The maximum atomic E-state index is 5.89. The number of rotatable bonds is 3. The summed E-state index contributed by atoms with van der Waals surface area (Å²) in [5, 5.41) is 8.07. The van der Waals surface area contributed by atoms with Gasteiger partial charge in [-0.1, -0.05) is 23.4 Å². The molecule has 0 aliphatic rings. The molecule has 0 bridgehead atoms. The van der Waals surface area contributed by atoms with E-state index >= 15 is 0 Å². The SMILES string of the molecule is c1ccc2oc(-c3csc(-c4ccc(-c5ccon5)s4)n3)cc2c1. The Kier molecular flexibility index (Phi) is 3.11. The zero-order chi connectivity index (χ0) is 15.9. The van der Waals surface area contributed by atoms with Gasteiger partial charge < -0.3 is 8.94 Å². The molecule has 0 radical (unpaired) electrons. The van der Waals surface area contributed by atoms with E-state index in [2.05, 4.69) is 11.2 Å². The molecule has 0 atom stereocenters. The maximum Gasteiger partial charge on any atom is 0.154 e. The highest BCUT2D eigenvalue weighted by molar-refractivity contribution is 7.23. The highest BCUT2D eigenvalue weighted by Gasteiger charge is 2.13. The first kappa shape index (κ1) is 13.7. The zero-order valence-electron chi connectivity index (χ0n) is 12.3. The third-order valence-corrected chi connectivity index (χ3v) is 5.81. The molecule has 0 spiro atoms. The summed E-state index contributed by atoms with van der Waals surface area (Å²) in [6.45, 7) is 0. The molecule has 4 heterocycles. The Balaban J connectivity index is 1.51. The average molecular weight is 350 g/mol. The van der Waals surface area contributed by atoms with Crippen molar-refractivity contribution in [1.29, 1.82) is 0 Å². The predicted octanol–water partition coefficient (Wildman–Crippen LogP) is 5.94. The first-order chi connectivity index (χ1) is 11.9. The smallest absolute Gasteiger partial charge is 0.154 e. The van der Waals surface area contributed by atoms with Crippen molar-refractivity contribution < 1.29 is 8.94 Å². The number of aromatic nitrogens is 2. The van der Waals surface area contributed by atoms with Crippen molar-refractivity contribution in [3.05, 3.63) is 60.2 Å². The zero-order valence-corrected chi connectivity index (χ0v) is 13.9. The van der Waals surface area contributed by atoms with Crippen LogP contribution in [0.5, 0.6) is 0 Å². The van der Waals surface area contributed by atoms with E-state index in [4.69, 9.17) is 13.9 Å². The minimum absolute atomic E-state index is 0.798. The van der Waals surface area contributed by atoms with Crippen molar-refractivity contribution in [1.82, 2.24) is 10.1 Å². The number of nitrogens with zero attached hydrogens (tertiary/aromatic N) is 2. The minimum Gasteiger partial charge on any atom is -0.454 e. The number of furan rings is 1. The average Bonchev–Trinajstić information content (AvgIpc) is 3.40. The summed E-state index contributed by atoms with van der Waals surface area (Å²) in [7, 11) is 0. The molecular weight excluding hydrogens is 340 g/mol. The predicted molar refractivity (Wildman–Crippen MR) is 96.1 cm³/mol. The molecule has 0 N–H and O–H groups in total. The van der Waals surface area contributed by atoms with Gasteiger partial charge in [0.25, 0.3) is 0 Å². The van der Waals surface area contributed by atoms with Crippen LogP contribution in [0.3, 0.4) is 0 Å². The highest BCUT2D eigenvalue weighted by atomic mass is 32.1. The molecule has 5 rings (SSSR count). The monoisotopic (exact) mass is 350 g/mol. The fourth-order valence-corrected chi connectivity index (χ4v) is 4.39. The Hall–Kier alpha value is -2.70. The van der Waals surface area contributed by atoms with Crippen LogP contribution in [-0.4, -0.2) is 10.1 Å². The van der Waals surface area contributed by atoms with Crippen molar-refractivity contribution in [3.63, 3.8) is 0 Å². The summed E-state index contributed by atoms with van der Waals surface area (Å²) in [4.78, 5) is 6.91. The minimum atomic E-state index is 0.798. The molecule has 116 valence electrons. The van der Waals surface area contributed by atoms with Gasteiger partial charge in [-0.3, -0.25) is 0 Å². The Bertz CT molecular complexity index is 1090. The number of thiazole rings is 1. The van der Waals surface area contributed by atoms with Crippen molar-refractivity contribution in [2.24, 2.45) is 0 Å². The van der Waals surface area contributed by atoms with Crippen molar-refractivity contribution in [3.8, 4) is 31.9 Å². The van der Waals surface area contributed by atoms with Crippen LogP contribution >= 0.6 is 22.7 Å². The van der Waals surface area contributed by atoms with Gasteiger partial charge in [0.2, 0.25) is 0 Å². The van der Waals surface area contributed by atoms with E-state index in [9.17, 15) is 0 Å². The van der Waals surface area contributed by atoms with Crippen molar-refractivity contribution >= 4 is 33.6 Å². The summed E-state index contributed by atoms with van der Waals surface area (Å²) in [6, 6.07) is 16.0. The first-order valence-corrected chi connectivity index (χ1v) is 9.02. The Morgan fingerprint density at radius 3 is 2.71 bits per heavy atom. The van der Waals surface area contributed by atoms with Gasteiger partial charge in [-0.25, -0.2) is 4.98 Å². The summed E-state index contributed by atoms with van der Waals surface area (Å²) in [5.41, 5.74) is 2.59. The number of para-hydroxylation sites is 1. The van der Waals surface area contributed by atoms with Gasteiger partial charge in [0.1, 0.15) is 28.2 Å². The van der Waals surface area contributed by atoms with Crippen LogP contribution in [0.25, 0.3) is 42.9 Å². The van der Waals surface area contributed by atoms with Crippen molar-refractivity contribution in [2.45, 2.75) is 0 Å². The molecule has 4 aromatic heterocycles. The lowest BCUT2D eigenvalue weighted by molar-refractivity contribution is 0.422. The molecule has 0 unspecified atom stereocenters. The highest BCUT2D eigenvalue weighted by Crippen LogP contribution is 2.37. The lowest BCUT2D eigenvalue weighted by atomic mass is 10.2. The van der Waals surface area contributed by atoms with Crippen LogP contribution in [-0.2, 0) is 0 Å². The van der Waals surface area contributed by atoms with Gasteiger partial charge in [-0.05, 0) is 24.3 Å². The van der Waals surface area contributed by atoms with Crippen molar-refractivity contribution in [2.75, 3.05) is 0 Å². The largest absolute Gasteiger partial charge is 0.454 e. The van der Waals surface area contributed by atoms with Crippen LogP contribution in [0.15, 0.2) is 69.1 Å². The summed E-state index contributed by atoms with van der Waals surface area (Å²) in [5.74, 6) is 0.798. The second-order valence-electron chi connectivity index (χ2n) is 5.23. The van der Waals surface area contributed by atoms with Gasteiger partial charge in [0.05, 0.1) is 9.75 Å². The Labute approximate surface area is 145 Å². The van der Waals surface area contributed by atoms with Gasteiger partial charge in [0.15, 0.2) is 5.76 Å². The lowest BCUT2D eigenvalue weighted by Crippen LogP contribution is -1.73. The number of hydrogen-bond donors (Lipinski definition) is 0. The summed E-state index contributed by atoms with van der Waals surface area (Å²) in [6.07, 6.45) is 1.58. The van der Waals surface area contributed by atoms with E-state index in [1.807, 2.05) is 47.8 Å². The van der Waals surface area contributed by atoms with Gasteiger partial charge in [-0.15, -0.1) is 22.7 Å². The molecule has 0 aliphatic heterocycles. The van der Waals surface area contributed by atoms with Gasteiger partial charge >= 0.3 is 0 Å². The van der Waals surface area contributed by atoms with E-state index in [1.54, 1.807) is 28.9 Å². The van der Waals surface area contributed by atoms with E-state index in [-0.39, 0.29) is 0 Å². The standard InChI is InChI=1S/C18H10N2O2S2/c1-2-4-14-11(3-1)9-15(22-14)13-10-23-18(19-13)17-6-5-16(24-17)12-7-8-21-20-12/h1-10H. The van der Waals surface area contributed by atoms with E-state index in [0.717, 1.165) is 42.9 Å². The van der Waals surface area contributed by atoms with Gasteiger partial charge in [-0.2, -0.15) is 0 Å². The quantitative estimate of drug-likeness (QED) is 0.404. The molecule has 24 heavy (non-hydrogen) atoms. The second-order valence-corrected chi connectivity index (χ2v) is 7.18. The molecule has 4 nitrogen and oxygen atoms in total. The summed E-state index contributed by atoms with van der Waals surface area (Å²) >= 11 is 3.27. The number of benzene rings is 1. The maximum absolute atomic E-state index is 5.89.